The standard InChI is InChI=1S/C17H22FN3O/c18-16-5-1-2-6-17(16)22-13-14-4-3-9-21(11-14)12-15-10-19-7-8-20-15/h1-2,5-8,14,19H,3-4,9-13H2. The topological polar surface area (TPSA) is 36.9 Å². The lowest BCUT2D eigenvalue weighted by molar-refractivity contribution is 0.140. The number of hydrogen-bond donors (Lipinski definition) is 1. The summed E-state index contributed by atoms with van der Waals surface area (Å²) in [4.78, 5) is 6.82. The van der Waals surface area contributed by atoms with Crippen LogP contribution in [-0.2, 0) is 0 Å². The molecule has 2 heterocycles. The molecule has 0 aromatic heterocycles. The van der Waals surface area contributed by atoms with Crippen LogP contribution in [0.1, 0.15) is 12.8 Å². The van der Waals surface area contributed by atoms with Gasteiger partial charge in [-0.3, -0.25) is 9.89 Å². The fraction of sp³-hybridized carbons (Fsp3) is 0.471. The second-order valence-corrected chi connectivity index (χ2v) is 5.88. The summed E-state index contributed by atoms with van der Waals surface area (Å²) >= 11 is 0. The fourth-order valence-corrected chi connectivity index (χ4v) is 2.97. The quantitative estimate of drug-likeness (QED) is 0.908. The van der Waals surface area contributed by atoms with Gasteiger partial charge in [0.1, 0.15) is 0 Å². The maximum atomic E-state index is 13.6. The Morgan fingerprint density at radius 1 is 1.36 bits per heavy atom. The van der Waals surface area contributed by atoms with Crippen LogP contribution in [0.5, 0.6) is 5.75 Å². The Kier molecular flexibility index (Phi) is 5.06. The van der Waals surface area contributed by atoms with Crippen molar-refractivity contribution in [2.45, 2.75) is 12.8 Å². The predicted molar refractivity (Wildman–Crippen MR) is 85.6 cm³/mol. The van der Waals surface area contributed by atoms with Crippen molar-refractivity contribution >= 4 is 5.71 Å². The van der Waals surface area contributed by atoms with Gasteiger partial charge in [-0.05, 0) is 31.5 Å². The molecule has 1 atom stereocenters. The van der Waals surface area contributed by atoms with Gasteiger partial charge in [-0.25, -0.2) is 4.39 Å². The third kappa shape index (κ3) is 4.07. The Morgan fingerprint density at radius 3 is 3.09 bits per heavy atom. The van der Waals surface area contributed by atoms with Gasteiger partial charge in [0.25, 0.3) is 0 Å². The smallest absolute Gasteiger partial charge is 0.165 e. The Balaban J connectivity index is 1.49. The number of piperidine rings is 1. The molecule has 0 aliphatic carbocycles. The van der Waals surface area contributed by atoms with E-state index in [0.717, 1.165) is 44.7 Å². The minimum atomic E-state index is -0.287. The number of nitrogens with zero attached hydrogens (tertiary/aromatic N) is 2. The van der Waals surface area contributed by atoms with Crippen LogP contribution >= 0.6 is 0 Å². The van der Waals surface area contributed by atoms with Crippen LogP contribution in [0.3, 0.4) is 0 Å². The van der Waals surface area contributed by atoms with Crippen molar-refractivity contribution in [1.82, 2.24) is 10.2 Å². The van der Waals surface area contributed by atoms with Crippen molar-refractivity contribution in [3.8, 4) is 5.75 Å². The summed E-state index contributed by atoms with van der Waals surface area (Å²) in [6.45, 7) is 4.37. The van der Waals surface area contributed by atoms with Gasteiger partial charge in [-0.2, -0.15) is 0 Å². The molecule has 3 rings (SSSR count). The molecule has 0 radical (unpaired) electrons. The van der Waals surface area contributed by atoms with Gasteiger partial charge >= 0.3 is 0 Å². The lowest BCUT2D eigenvalue weighted by Gasteiger charge is -2.33. The van der Waals surface area contributed by atoms with Gasteiger partial charge in [0.05, 0.1) is 18.9 Å². The summed E-state index contributed by atoms with van der Waals surface area (Å²) in [5.74, 6) is 0.510. The average Bonchev–Trinajstić information content (AvgIpc) is 2.55. The molecule has 5 heteroatoms. The molecule has 118 valence electrons. The third-order valence-electron chi connectivity index (χ3n) is 4.08. The second kappa shape index (κ2) is 7.40. The highest BCUT2D eigenvalue weighted by molar-refractivity contribution is 5.89. The number of halogens is 1. The minimum absolute atomic E-state index is 0.287. The first-order chi connectivity index (χ1) is 10.8. The van der Waals surface area contributed by atoms with E-state index in [4.69, 9.17) is 4.74 Å². The summed E-state index contributed by atoms with van der Waals surface area (Å²) in [5, 5.41) is 3.18. The van der Waals surface area contributed by atoms with E-state index >= 15 is 0 Å². The fourth-order valence-electron chi connectivity index (χ4n) is 2.97. The SMILES string of the molecule is Fc1ccccc1OCC1CCCN(CC2=NC=CNC2)C1. The first kappa shape index (κ1) is 15.0. The number of para-hydroxylation sites is 1. The Bertz CT molecular complexity index is 559. The lowest BCUT2D eigenvalue weighted by atomic mass is 9.98. The summed E-state index contributed by atoms with van der Waals surface area (Å²) in [7, 11) is 0. The summed E-state index contributed by atoms with van der Waals surface area (Å²) in [5.41, 5.74) is 1.16. The highest BCUT2D eigenvalue weighted by atomic mass is 19.1. The van der Waals surface area contributed by atoms with Crippen LogP contribution in [0.25, 0.3) is 0 Å². The monoisotopic (exact) mass is 303 g/mol. The molecule has 1 fully saturated rings. The van der Waals surface area contributed by atoms with Crippen molar-refractivity contribution in [3.63, 3.8) is 0 Å². The number of benzene rings is 1. The van der Waals surface area contributed by atoms with E-state index in [1.807, 2.05) is 12.4 Å². The van der Waals surface area contributed by atoms with Gasteiger partial charge in [0.2, 0.25) is 0 Å². The highest BCUT2D eigenvalue weighted by Crippen LogP contribution is 2.20. The maximum Gasteiger partial charge on any atom is 0.165 e. The van der Waals surface area contributed by atoms with Crippen LogP contribution in [0, 0.1) is 11.7 Å². The number of likely N-dealkylation sites (tertiary alicyclic amines) is 1. The zero-order valence-corrected chi connectivity index (χ0v) is 12.7. The van der Waals surface area contributed by atoms with Crippen molar-refractivity contribution in [3.05, 3.63) is 42.5 Å². The van der Waals surface area contributed by atoms with E-state index in [1.54, 1.807) is 18.2 Å². The molecule has 4 nitrogen and oxygen atoms in total. The summed E-state index contributed by atoms with van der Waals surface area (Å²) in [6.07, 6.45) is 5.96. The van der Waals surface area contributed by atoms with Crippen molar-refractivity contribution < 1.29 is 9.13 Å². The van der Waals surface area contributed by atoms with E-state index < -0.39 is 0 Å². The molecule has 1 aromatic rings. The van der Waals surface area contributed by atoms with E-state index in [9.17, 15) is 4.39 Å². The zero-order valence-electron chi connectivity index (χ0n) is 12.7. The van der Waals surface area contributed by atoms with Gasteiger partial charge in [-0.1, -0.05) is 12.1 Å². The van der Waals surface area contributed by atoms with Gasteiger partial charge in [-0.15, -0.1) is 0 Å². The summed E-state index contributed by atoms with van der Waals surface area (Å²) < 4.78 is 19.2. The van der Waals surface area contributed by atoms with Crippen molar-refractivity contribution in [2.75, 3.05) is 32.8 Å². The lowest BCUT2D eigenvalue weighted by Crippen LogP contribution is -2.42. The van der Waals surface area contributed by atoms with E-state index in [-0.39, 0.29) is 5.82 Å². The van der Waals surface area contributed by atoms with Crippen LogP contribution in [0.4, 0.5) is 4.39 Å². The molecule has 0 amide bonds. The molecule has 0 bridgehead atoms. The Labute approximate surface area is 130 Å². The molecule has 0 spiro atoms. The number of ether oxygens (including phenoxy) is 1. The zero-order chi connectivity index (χ0) is 15.2. The molecule has 1 unspecified atom stereocenters. The molecule has 1 saturated heterocycles. The largest absolute Gasteiger partial charge is 0.490 e. The number of aliphatic imine (C=N–C) groups is 1. The molecule has 1 aromatic carbocycles. The minimum Gasteiger partial charge on any atom is -0.490 e. The molecule has 22 heavy (non-hydrogen) atoms. The first-order valence-electron chi connectivity index (χ1n) is 7.85. The number of hydrogen-bond acceptors (Lipinski definition) is 4. The highest BCUT2D eigenvalue weighted by Gasteiger charge is 2.22. The summed E-state index contributed by atoms with van der Waals surface area (Å²) in [6, 6.07) is 6.60. The van der Waals surface area contributed by atoms with Crippen LogP contribution in [0.15, 0.2) is 41.7 Å². The first-order valence-corrected chi connectivity index (χ1v) is 7.85. The second-order valence-electron chi connectivity index (χ2n) is 5.88. The van der Waals surface area contributed by atoms with Crippen LogP contribution in [0.2, 0.25) is 0 Å². The molecule has 2 aliphatic rings. The normalized spacial score (nSPS) is 22.0. The van der Waals surface area contributed by atoms with E-state index in [2.05, 4.69) is 15.2 Å². The van der Waals surface area contributed by atoms with Crippen LogP contribution in [-0.4, -0.2) is 43.4 Å². The average molecular weight is 303 g/mol. The van der Waals surface area contributed by atoms with Crippen molar-refractivity contribution in [2.24, 2.45) is 10.9 Å². The number of rotatable bonds is 5. The predicted octanol–water partition coefficient (Wildman–Crippen LogP) is 2.43. The molecule has 2 aliphatic heterocycles. The van der Waals surface area contributed by atoms with Gasteiger partial charge in [0.15, 0.2) is 11.6 Å². The van der Waals surface area contributed by atoms with Gasteiger partial charge in [0, 0.05) is 31.4 Å². The van der Waals surface area contributed by atoms with Gasteiger partial charge < -0.3 is 10.1 Å². The number of nitrogens with one attached hydrogen (secondary N) is 1. The molecule has 1 N–H and O–H groups in total. The van der Waals surface area contributed by atoms with Crippen LogP contribution < -0.4 is 10.1 Å². The molecular formula is C17H22FN3O. The third-order valence-corrected chi connectivity index (χ3v) is 4.08. The Morgan fingerprint density at radius 2 is 2.27 bits per heavy atom. The van der Waals surface area contributed by atoms with E-state index in [1.165, 1.54) is 6.07 Å². The Hall–Kier alpha value is -1.88. The molecular weight excluding hydrogens is 281 g/mol. The van der Waals surface area contributed by atoms with E-state index in [0.29, 0.717) is 18.3 Å². The maximum absolute atomic E-state index is 13.6. The van der Waals surface area contributed by atoms with Crippen molar-refractivity contribution in [1.29, 1.82) is 0 Å². The molecule has 0 saturated carbocycles.